The fourth-order valence-electron chi connectivity index (χ4n) is 2.07. The predicted octanol–water partition coefficient (Wildman–Crippen LogP) is 1.35. The van der Waals surface area contributed by atoms with Gasteiger partial charge in [-0.2, -0.15) is 0 Å². The van der Waals surface area contributed by atoms with Gasteiger partial charge < -0.3 is 4.90 Å². The molecule has 1 atom stereocenters. The first-order valence-electron chi connectivity index (χ1n) is 5.70. The molecule has 1 aromatic carbocycles. The molecule has 1 saturated heterocycles. The van der Waals surface area contributed by atoms with Crippen molar-refractivity contribution in [2.75, 3.05) is 13.1 Å². The van der Waals surface area contributed by atoms with Crippen LogP contribution in [0.1, 0.15) is 6.42 Å². The zero-order valence-corrected chi connectivity index (χ0v) is 11.6. The van der Waals surface area contributed by atoms with E-state index in [-0.39, 0.29) is 11.4 Å². The van der Waals surface area contributed by atoms with Gasteiger partial charge in [-0.05, 0) is 36.6 Å². The molecule has 6 heteroatoms. The van der Waals surface area contributed by atoms with E-state index in [4.69, 9.17) is 18.0 Å². The van der Waals surface area contributed by atoms with Gasteiger partial charge in [-0.1, -0.05) is 11.6 Å². The van der Waals surface area contributed by atoms with Crippen molar-refractivity contribution in [1.82, 2.24) is 4.90 Å². The number of benzene rings is 1. The standard InChI is InChI=1S/C13H12ClNO3S/c1-2-13(16)15-8-7-12(9-15)19(17,18)11-5-3-10(14)4-6-11/h1,3-6,12H,7-9H2. The van der Waals surface area contributed by atoms with Gasteiger partial charge >= 0.3 is 0 Å². The number of amides is 1. The van der Waals surface area contributed by atoms with Gasteiger partial charge in [0.05, 0.1) is 10.1 Å². The van der Waals surface area contributed by atoms with Gasteiger partial charge in [0.2, 0.25) is 0 Å². The van der Waals surface area contributed by atoms with E-state index in [0.717, 1.165) is 0 Å². The third-order valence-electron chi connectivity index (χ3n) is 3.14. The Morgan fingerprint density at radius 2 is 2.00 bits per heavy atom. The zero-order chi connectivity index (χ0) is 14.0. The molecule has 2 rings (SSSR count). The van der Waals surface area contributed by atoms with Crippen molar-refractivity contribution in [2.24, 2.45) is 0 Å². The normalized spacial score (nSPS) is 19.2. The molecule has 0 N–H and O–H groups in total. The largest absolute Gasteiger partial charge is 0.331 e. The molecule has 19 heavy (non-hydrogen) atoms. The molecule has 4 nitrogen and oxygen atoms in total. The van der Waals surface area contributed by atoms with Crippen LogP contribution in [0.3, 0.4) is 0 Å². The Morgan fingerprint density at radius 1 is 1.37 bits per heavy atom. The van der Waals surface area contributed by atoms with E-state index in [2.05, 4.69) is 0 Å². The van der Waals surface area contributed by atoms with Crippen LogP contribution in [0.25, 0.3) is 0 Å². The average Bonchev–Trinajstić information content (AvgIpc) is 2.88. The number of sulfone groups is 1. The average molecular weight is 298 g/mol. The molecule has 0 aromatic heterocycles. The van der Waals surface area contributed by atoms with E-state index in [9.17, 15) is 13.2 Å². The Labute approximate surface area is 117 Å². The number of carbonyl (C=O) groups is 1. The Balaban J connectivity index is 2.21. The fraction of sp³-hybridized carbons (Fsp3) is 0.308. The third kappa shape index (κ3) is 2.75. The smallest absolute Gasteiger partial charge is 0.298 e. The lowest BCUT2D eigenvalue weighted by Crippen LogP contribution is -2.30. The van der Waals surface area contributed by atoms with Crippen LogP contribution in [-0.4, -0.2) is 37.6 Å². The molecule has 1 heterocycles. The first kappa shape index (κ1) is 13.9. The minimum Gasteiger partial charge on any atom is -0.331 e. The molecule has 1 aliphatic rings. The highest BCUT2D eigenvalue weighted by Gasteiger charge is 2.35. The number of carbonyl (C=O) groups excluding carboxylic acids is 1. The highest BCUT2D eigenvalue weighted by Crippen LogP contribution is 2.25. The second-order valence-electron chi connectivity index (χ2n) is 4.31. The molecular formula is C13H12ClNO3S. The summed E-state index contributed by atoms with van der Waals surface area (Å²) in [7, 11) is -3.45. The number of hydrogen-bond donors (Lipinski definition) is 0. The second kappa shape index (κ2) is 5.24. The summed E-state index contributed by atoms with van der Waals surface area (Å²) >= 11 is 5.74. The molecule has 0 spiro atoms. The molecule has 0 saturated carbocycles. The topological polar surface area (TPSA) is 54.5 Å². The van der Waals surface area contributed by atoms with Crippen LogP contribution in [0.5, 0.6) is 0 Å². The van der Waals surface area contributed by atoms with Crippen LogP contribution in [-0.2, 0) is 14.6 Å². The number of halogens is 1. The molecule has 0 bridgehead atoms. The molecule has 1 unspecified atom stereocenters. The minimum absolute atomic E-state index is 0.147. The predicted molar refractivity (Wildman–Crippen MR) is 72.5 cm³/mol. The lowest BCUT2D eigenvalue weighted by atomic mass is 10.4. The van der Waals surface area contributed by atoms with Crippen molar-refractivity contribution in [3.05, 3.63) is 29.3 Å². The molecule has 1 fully saturated rings. The van der Waals surface area contributed by atoms with E-state index in [1.807, 2.05) is 5.92 Å². The molecule has 1 aromatic rings. The Kier molecular flexibility index (Phi) is 3.83. The van der Waals surface area contributed by atoms with E-state index in [1.165, 1.54) is 29.2 Å². The van der Waals surface area contributed by atoms with Gasteiger partial charge in [0, 0.05) is 18.1 Å². The summed E-state index contributed by atoms with van der Waals surface area (Å²) in [5, 5.41) is -0.125. The number of terminal acetylenes is 1. The molecule has 0 aliphatic carbocycles. The maximum atomic E-state index is 12.4. The number of nitrogens with zero attached hydrogens (tertiary/aromatic N) is 1. The van der Waals surface area contributed by atoms with Crippen molar-refractivity contribution in [2.45, 2.75) is 16.6 Å². The van der Waals surface area contributed by atoms with E-state index >= 15 is 0 Å². The lowest BCUT2D eigenvalue weighted by molar-refractivity contribution is -0.124. The number of likely N-dealkylation sites (tertiary alicyclic amines) is 1. The maximum Gasteiger partial charge on any atom is 0.298 e. The van der Waals surface area contributed by atoms with Crippen molar-refractivity contribution in [3.8, 4) is 12.3 Å². The quantitative estimate of drug-likeness (QED) is 0.774. The van der Waals surface area contributed by atoms with Gasteiger partial charge in [0.25, 0.3) is 5.91 Å². The van der Waals surface area contributed by atoms with Gasteiger partial charge in [-0.15, -0.1) is 6.42 Å². The van der Waals surface area contributed by atoms with Crippen molar-refractivity contribution < 1.29 is 13.2 Å². The SMILES string of the molecule is C#CC(=O)N1CCC(S(=O)(=O)c2ccc(Cl)cc2)C1. The van der Waals surface area contributed by atoms with Crippen LogP contribution >= 0.6 is 11.6 Å². The number of hydrogen-bond acceptors (Lipinski definition) is 3. The molecule has 1 amide bonds. The van der Waals surface area contributed by atoms with Crippen molar-refractivity contribution >= 4 is 27.3 Å². The van der Waals surface area contributed by atoms with Crippen LogP contribution in [0.2, 0.25) is 5.02 Å². The molecule has 0 radical (unpaired) electrons. The Morgan fingerprint density at radius 3 is 2.58 bits per heavy atom. The summed E-state index contributed by atoms with van der Waals surface area (Å²) in [6.45, 7) is 0.522. The Bertz CT molecular complexity index is 631. The first-order valence-corrected chi connectivity index (χ1v) is 7.62. The Hall–Kier alpha value is -1.51. The van der Waals surface area contributed by atoms with E-state index < -0.39 is 21.0 Å². The van der Waals surface area contributed by atoms with E-state index in [1.54, 1.807) is 0 Å². The van der Waals surface area contributed by atoms with Crippen LogP contribution < -0.4 is 0 Å². The second-order valence-corrected chi connectivity index (χ2v) is 6.97. The van der Waals surface area contributed by atoms with Crippen LogP contribution in [0.4, 0.5) is 0 Å². The zero-order valence-electron chi connectivity index (χ0n) is 10.0. The van der Waals surface area contributed by atoms with Gasteiger partial charge in [-0.3, -0.25) is 4.79 Å². The van der Waals surface area contributed by atoms with Gasteiger partial charge in [0.15, 0.2) is 9.84 Å². The summed E-state index contributed by atoms with van der Waals surface area (Å²) in [5.74, 6) is 1.54. The number of rotatable bonds is 2. The lowest BCUT2D eigenvalue weighted by Gasteiger charge is -2.14. The molecule has 100 valence electrons. The van der Waals surface area contributed by atoms with Crippen LogP contribution in [0.15, 0.2) is 29.2 Å². The summed E-state index contributed by atoms with van der Waals surface area (Å²) in [5.41, 5.74) is 0. The highest BCUT2D eigenvalue weighted by atomic mass is 35.5. The molecular weight excluding hydrogens is 286 g/mol. The maximum absolute atomic E-state index is 12.4. The summed E-state index contributed by atoms with van der Waals surface area (Å²) in [6.07, 6.45) is 5.43. The summed E-state index contributed by atoms with van der Waals surface area (Å²) in [4.78, 5) is 13.0. The van der Waals surface area contributed by atoms with Crippen LogP contribution in [0, 0.1) is 12.3 Å². The third-order valence-corrected chi connectivity index (χ3v) is 5.58. The summed E-state index contributed by atoms with van der Waals surface area (Å²) < 4.78 is 24.7. The van der Waals surface area contributed by atoms with Gasteiger partial charge in [0.1, 0.15) is 0 Å². The first-order chi connectivity index (χ1) is 8.95. The van der Waals surface area contributed by atoms with E-state index in [0.29, 0.717) is 18.0 Å². The fourth-order valence-corrected chi connectivity index (χ4v) is 3.89. The molecule has 1 aliphatic heterocycles. The highest BCUT2D eigenvalue weighted by molar-refractivity contribution is 7.92. The van der Waals surface area contributed by atoms with Crippen molar-refractivity contribution in [1.29, 1.82) is 0 Å². The minimum atomic E-state index is -3.45. The van der Waals surface area contributed by atoms with Gasteiger partial charge in [-0.25, -0.2) is 8.42 Å². The van der Waals surface area contributed by atoms with Crippen molar-refractivity contribution in [3.63, 3.8) is 0 Å². The monoisotopic (exact) mass is 297 g/mol. The summed E-state index contributed by atoms with van der Waals surface area (Å²) in [6, 6.07) is 6.02.